The Morgan fingerprint density at radius 3 is 2.50 bits per heavy atom. The van der Waals surface area contributed by atoms with Gasteiger partial charge in [-0.3, -0.25) is 0 Å². The maximum atomic E-state index is 5.62. The van der Waals surface area contributed by atoms with E-state index in [1.165, 1.54) is 0 Å². The molecule has 0 spiro atoms. The monoisotopic (exact) mass is 167 g/mol. The van der Waals surface area contributed by atoms with Crippen LogP contribution in [0.5, 0.6) is 6.01 Å². The number of nitrogens with two attached hydrogens (primary N) is 1. The van der Waals surface area contributed by atoms with Crippen LogP contribution >= 0.6 is 0 Å². The molecule has 1 aromatic rings. The average molecular weight is 167 g/mol. The number of hydrogen-bond acceptors (Lipinski definition) is 4. The molecule has 66 valence electrons. The summed E-state index contributed by atoms with van der Waals surface area (Å²) in [6, 6.07) is 0.377. The van der Waals surface area contributed by atoms with Gasteiger partial charge in [-0.25, -0.2) is 9.97 Å². The molecule has 1 heterocycles. The van der Waals surface area contributed by atoms with Crippen molar-refractivity contribution in [3.8, 4) is 6.01 Å². The molecule has 12 heavy (non-hydrogen) atoms. The predicted octanol–water partition coefficient (Wildman–Crippen LogP) is 0.895. The zero-order chi connectivity index (χ0) is 8.97. The maximum Gasteiger partial charge on any atom is 0.316 e. The lowest BCUT2D eigenvalue weighted by molar-refractivity contribution is 0.312. The Labute approximate surface area is 71.8 Å². The van der Waals surface area contributed by atoms with Gasteiger partial charge in [0.05, 0.1) is 6.61 Å². The molecule has 1 unspecified atom stereocenters. The third-order valence-corrected chi connectivity index (χ3v) is 1.45. The van der Waals surface area contributed by atoms with Gasteiger partial charge in [-0.2, -0.15) is 0 Å². The third kappa shape index (κ3) is 2.17. The lowest BCUT2D eigenvalue weighted by Crippen LogP contribution is -2.06. The Kier molecular flexibility index (Phi) is 2.99. The van der Waals surface area contributed by atoms with Crippen LogP contribution in [0.15, 0.2) is 12.4 Å². The molecule has 0 saturated carbocycles. The van der Waals surface area contributed by atoms with Gasteiger partial charge in [0.25, 0.3) is 0 Å². The largest absolute Gasteiger partial charge is 0.464 e. The molecular weight excluding hydrogens is 154 g/mol. The number of aromatic nitrogens is 2. The Morgan fingerprint density at radius 1 is 1.50 bits per heavy atom. The standard InChI is InChI=1S/C8H13N3O/c1-3-12-8-10-4-7(5-11-8)6(2)9/h4-6H,3,9H2,1-2H3. The van der Waals surface area contributed by atoms with Crippen molar-refractivity contribution in [2.24, 2.45) is 5.73 Å². The Balaban J connectivity index is 2.71. The minimum absolute atomic E-state index is 0.0272. The van der Waals surface area contributed by atoms with Crippen LogP contribution in [0.4, 0.5) is 0 Å². The molecule has 4 heteroatoms. The summed E-state index contributed by atoms with van der Waals surface area (Å²) in [4.78, 5) is 7.95. The van der Waals surface area contributed by atoms with Gasteiger partial charge in [-0.1, -0.05) is 0 Å². The van der Waals surface area contributed by atoms with E-state index in [1.807, 2.05) is 13.8 Å². The number of hydrogen-bond donors (Lipinski definition) is 1. The van der Waals surface area contributed by atoms with Crippen molar-refractivity contribution in [3.63, 3.8) is 0 Å². The normalized spacial score (nSPS) is 12.6. The SMILES string of the molecule is CCOc1ncc(C(C)N)cn1. The van der Waals surface area contributed by atoms with Gasteiger partial charge >= 0.3 is 6.01 Å². The van der Waals surface area contributed by atoms with Crippen molar-refractivity contribution in [1.82, 2.24) is 9.97 Å². The second-order valence-corrected chi connectivity index (χ2v) is 2.52. The molecule has 0 saturated heterocycles. The van der Waals surface area contributed by atoms with E-state index in [4.69, 9.17) is 10.5 Å². The lowest BCUT2D eigenvalue weighted by Gasteiger charge is -2.04. The highest BCUT2D eigenvalue weighted by Gasteiger charge is 2.00. The average Bonchev–Trinajstić information content (AvgIpc) is 2.06. The third-order valence-electron chi connectivity index (χ3n) is 1.45. The fourth-order valence-corrected chi connectivity index (χ4v) is 0.765. The summed E-state index contributed by atoms with van der Waals surface area (Å²) in [5, 5.41) is 0. The van der Waals surface area contributed by atoms with Gasteiger partial charge in [-0.15, -0.1) is 0 Å². The first-order valence-electron chi connectivity index (χ1n) is 3.94. The Bertz CT molecular complexity index is 233. The highest BCUT2D eigenvalue weighted by atomic mass is 16.5. The molecule has 0 aliphatic carbocycles. The number of ether oxygens (including phenoxy) is 1. The van der Waals surface area contributed by atoms with Crippen LogP contribution in [-0.2, 0) is 0 Å². The molecule has 0 fully saturated rings. The Hall–Kier alpha value is -1.16. The van der Waals surface area contributed by atoms with Crippen molar-refractivity contribution in [3.05, 3.63) is 18.0 Å². The van der Waals surface area contributed by atoms with Crippen LogP contribution in [0.25, 0.3) is 0 Å². The van der Waals surface area contributed by atoms with E-state index in [2.05, 4.69) is 9.97 Å². The molecule has 0 bridgehead atoms. The van der Waals surface area contributed by atoms with Crippen molar-refractivity contribution in [2.75, 3.05) is 6.61 Å². The van der Waals surface area contributed by atoms with E-state index in [0.717, 1.165) is 5.56 Å². The molecule has 0 amide bonds. The number of rotatable bonds is 3. The fraction of sp³-hybridized carbons (Fsp3) is 0.500. The van der Waals surface area contributed by atoms with Gasteiger partial charge in [0, 0.05) is 24.0 Å². The summed E-state index contributed by atoms with van der Waals surface area (Å²) in [6.07, 6.45) is 3.37. The summed E-state index contributed by atoms with van der Waals surface area (Å²) >= 11 is 0. The summed E-state index contributed by atoms with van der Waals surface area (Å²) in [6.45, 7) is 4.36. The molecule has 1 aromatic heterocycles. The second kappa shape index (κ2) is 4.01. The molecule has 1 atom stereocenters. The fourth-order valence-electron chi connectivity index (χ4n) is 0.765. The smallest absolute Gasteiger partial charge is 0.316 e. The first-order chi connectivity index (χ1) is 5.74. The van der Waals surface area contributed by atoms with Crippen molar-refractivity contribution in [2.45, 2.75) is 19.9 Å². The molecule has 4 nitrogen and oxygen atoms in total. The summed E-state index contributed by atoms with van der Waals surface area (Å²) < 4.78 is 5.08. The Morgan fingerprint density at radius 2 is 2.08 bits per heavy atom. The minimum atomic E-state index is -0.0272. The molecule has 0 aliphatic heterocycles. The highest BCUT2D eigenvalue weighted by Crippen LogP contribution is 2.08. The van der Waals surface area contributed by atoms with Crippen LogP contribution in [-0.4, -0.2) is 16.6 Å². The molecule has 0 radical (unpaired) electrons. The topological polar surface area (TPSA) is 61.0 Å². The molecule has 1 rings (SSSR count). The van der Waals surface area contributed by atoms with E-state index in [0.29, 0.717) is 12.6 Å². The second-order valence-electron chi connectivity index (χ2n) is 2.52. The van der Waals surface area contributed by atoms with Crippen LogP contribution < -0.4 is 10.5 Å². The van der Waals surface area contributed by atoms with E-state index in [9.17, 15) is 0 Å². The lowest BCUT2D eigenvalue weighted by atomic mass is 10.2. The van der Waals surface area contributed by atoms with Crippen LogP contribution in [0.2, 0.25) is 0 Å². The zero-order valence-electron chi connectivity index (χ0n) is 7.32. The number of nitrogens with zero attached hydrogens (tertiary/aromatic N) is 2. The first kappa shape index (κ1) is 8.93. The molecule has 0 aromatic carbocycles. The quantitative estimate of drug-likeness (QED) is 0.726. The summed E-state index contributed by atoms with van der Waals surface area (Å²) in [5.41, 5.74) is 6.53. The van der Waals surface area contributed by atoms with Crippen LogP contribution in [0.1, 0.15) is 25.5 Å². The molecule has 2 N–H and O–H groups in total. The van der Waals surface area contributed by atoms with Crippen LogP contribution in [0, 0.1) is 0 Å². The summed E-state index contributed by atoms with van der Waals surface area (Å²) in [7, 11) is 0. The van der Waals surface area contributed by atoms with E-state index >= 15 is 0 Å². The predicted molar refractivity (Wildman–Crippen MR) is 45.8 cm³/mol. The van der Waals surface area contributed by atoms with E-state index in [1.54, 1.807) is 12.4 Å². The van der Waals surface area contributed by atoms with Crippen molar-refractivity contribution < 1.29 is 4.74 Å². The molecule has 0 aliphatic rings. The van der Waals surface area contributed by atoms with E-state index < -0.39 is 0 Å². The maximum absolute atomic E-state index is 5.62. The van der Waals surface area contributed by atoms with Gasteiger partial charge < -0.3 is 10.5 Å². The van der Waals surface area contributed by atoms with Crippen molar-refractivity contribution in [1.29, 1.82) is 0 Å². The van der Waals surface area contributed by atoms with E-state index in [-0.39, 0.29) is 6.04 Å². The van der Waals surface area contributed by atoms with Gasteiger partial charge in [0.15, 0.2) is 0 Å². The first-order valence-corrected chi connectivity index (χ1v) is 3.94. The minimum Gasteiger partial charge on any atom is -0.464 e. The van der Waals surface area contributed by atoms with Crippen LogP contribution in [0.3, 0.4) is 0 Å². The molecular formula is C8H13N3O. The van der Waals surface area contributed by atoms with Crippen molar-refractivity contribution >= 4 is 0 Å². The zero-order valence-corrected chi connectivity index (χ0v) is 7.32. The van der Waals surface area contributed by atoms with Gasteiger partial charge in [-0.05, 0) is 13.8 Å². The highest BCUT2D eigenvalue weighted by molar-refractivity contribution is 5.10. The van der Waals surface area contributed by atoms with Gasteiger partial charge in [0.2, 0.25) is 0 Å². The summed E-state index contributed by atoms with van der Waals surface area (Å²) in [5.74, 6) is 0. The van der Waals surface area contributed by atoms with Gasteiger partial charge in [0.1, 0.15) is 0 Å².